The van der Waals surface area contributed by atoms with E-state index in [1.807, 2.05) is 13.0 Å². The largest absolute Gasteiger partial charge is 0.493 e. The summed E-state index contributed by atoms with van der Waals surface area (Å²) in [6, 6.07) is 8.23. The van der Waals surface area contributed by atoms with E-state index >= 15 is 8.78 Å². The Labute approximate surface area is 219 Å². The van der Waals surface area contributed by atoms with Gasteiger partial charge in [0.1, 0.15) is 5.75 Å². The van der Waals surface area contributed by atoms with Crippen molar-refractivity contribution in [2.24, 2.45) is 5.92 Å². The first-order chi connectivity index (χ1) is 18.0. The van der Waals surface area contributed by atoms with E-state index in [9.17, 15) is 4.39 Å². The zero-order valence-corrected chi connectivity index (χ0v) is 21.8. The van der Waals surface area contributed by atoms with Crippen LogP contribution in [0.15, 0.2) is 43.0 Å². The van der Waals surface area contributed by atoms with Gasteiger partial charge in [-0.05, 0) is 106 Å². The normalized spacial score (nSPS) is 24.0. The highest BCUT2D eigenvalue weighted by molar-refractivity contribution is 5.33. The molecule has 0 amide bonds. The second kappa shape index (κ2) is 13.4. The summed E-state index contributed by atoms with van der Waals surface area (Å²) in [6.45, 7) is 7.17. The number of halogens is 3. The molecule has 202 valence electrons. The summed E-state index contributed by atoms with van der Waals surface area (Å²) in [7, 11) is 0. The van der Waals surface area contributed by atoms with Gasteiger partial charge in [0.2, 0.25) is 0 Å². The Morgan fingerprint density at radius 1 is 0.838 bits per heavy atom. The second-order valence-electron chi connectivity index (χ2n) is 10.3. The molecule has 2 saturated carbocycles. The lowest BCUT2D eigenvalue weighted by molar-refractivity contribution is 0.0325. The fraction of sp³-hybridized carbons (Fsp3) is 0.548. The fourth-order valence-corrected chi connectivity index (χ4v) is 5.78. The van der Waals surface area contributed by atoms with Crippen LogP contribution in [0.4, 0.5) is 13.2 Å². The molecule has 0 saturated heterocycles. The lowest BCUT2D eigenvalue weighted by Crippen LogP contribution is -2.22. The van der Waals surface area contributed by atoms with Crippen molar-refractivity contribution >= 4 is 0 Å². The molecule has 0 heterocycles. The Balaban J connectivity index is 1.27. The van der Waals surface area contributed by atoms with E-state index in [-0.39, 0.29) is 29.6 Å². The van der Waals surface area contributed by atoms with Crippen molar-refractivity contribution in [3.05, 3.63) is 71.6 Å². The molecule has 2 aromatic rings. The summed E-state index contributed by atoms with van der Waals surface area (Å²) >= 11 is 0. The molecule has 2 aliphatic rings. The van der Waals surface area contributed by atoms with Gasteiger partial charge < -0.3 is 14.2 Å². The Hall–Kier alpha value is -2.47. The minimum Gasteiger partial charge on any atom is -0.493 e. The van der Waals surface area contributed by atoms with Crippen molar-refractivity contribution < 1.29 is 27.4 Å². The zero-order chi connectivity index (χ0) is 26.2. The minimum atomic E-state index is -0.679. The molecule has 0 aliphatic heterocycles. The van der Waals surface area contributed by atoms with Crippen molar-refractivity contribution in [2.45, 2.75) is 82.7 Å². The fourth-order valence-electron chi connectivity index (χ4n) is 5.78. The topological polar surface area (TPSA) is 27.7 Å². The van der Waals surface area contributed by atoms with Gasteiger partial charge in [-0.2, -0.15) is 0 Å². The Morgan fingerprint density at radius 3 is 2.03 bits per heavy atom. The first kappa shape index (κ1) is 27.6. The van der Waals surface area contributed by atoms with Crippen molar-refractivity contribution in [1.82, 2.24) is 0 Å². The van der Waals surface area contributed by atoms with E-state index < -0.39 is 17.5 Å². The van der Waals surface area contributed by atoms with Crippen LogP contribution in [-0.4, -0.2) is 25.9 Å². The highest BCUT2D eigenvalue weighted by Gasteiger charge is 2.30. The van der Waals surface area contributed by atoms with Crippen LogP contribution in [0.1, 0.15) is 87.7 Å². The smallest absolute Gasteiger partial charge is 0.168 e. The van der Waals surface area contributed by atoms with Gasteiger partial charge in [-0.15, -0.1) is 6.58 Å². The molecule has 0 N–H and O–H groups in total. The van der Waals surface area contributed by atoms with E-state index in [4.69, 9.17) is 14.2 Å². The predicted molar refractivity (Wildman–Crippen MR) is 140 cm³/mol. The van der Waals surface area contributed by atoms with Gasteiger partial charge in [-0.25, -0.2) is 13.2 Å². The van der Waals surface area contributed by atoms with Gasteiger partial charge in [0.05, 0.1) is 19.3 Å². The Morgan fingerprint density at radius 2 is 1.46 bits per heavy atom. The lowest BCUT2D eigenvalue weighted by atomic mass is 9.77. The van der Waals surface area contributed by atoms with Gasteiger partial charge in [-0.1, -0.05) is 18.2 Å². The van der Waals surface area contributed by atoms with Gasteiger partial charge in [0.25, 0.3) is 0 Å². The number of rotatable bonds is 11. The molecule has 2 aliphatic carbocycles. The van der Waals surface area contributed by atoms with E-state index in [1.54, 1.807) is 24.3 Å². The summed E-state index contributed by atoms with van der Waals surface area (Å²) in [5.41, 5.74) is 0.999. The zero-order valence-electron chi connectivity index (χ0n) is 21.8. The number of hydrogen-bond acceptors (Lipinski definition) is 3. The minimum absolute atomic E-state index is 0.00257. The highest BCUT2D eigenvalue weighted by atomic mass is 19.2. The summed E-state index contributed by atoms with van der Waals surface area (Å²) < 4.78 is 61.6. The van der Waals surface area contributed by atoms with Crippen LogP contribution in [0.3, 0.4) is 0 Å². The van der Waals surface area contributed by atoms with Crippen LogP contribution in [0, 0.1) is 23.4 Å². The number of hydrogen-bond donors (Lipinski definition) is 0. The molecule has 0 bridgehead atoms. The van der Waals surface area contributed by atoms with Gasteiger partial charge >= 0.3 is 0 Å². The second-order valence-corrected chi connectivity index (χ2v) is 10.3. The lowest BCUT2D eigenvalue weighted by Gasteiger charge is -2.31. The first-order valence-corrected chi connectivity index (χ1v) is 13.8. The third kappa shape index (κ3) is 7.10. The molecule has 0 unspecified atom stereocenters. The molecular formula is C31H39F3O3. The molecule has 0 radical (unpaired) electrons. The maximum Gasteiger partial charge on any atom is 0.168 e. The third-order valence-electron chi connectivity index (χ3n) is 7.91. The molecule has 4 rings (SSSR count). The standard InChI is InChI=1S/C31H39F3O3/c1-3-5-18-36-25-14-17-29(28(32)19-25)37-20-21-6-8-22(9-7-21)26-15-16-27(31(34)30(26)33)23-10-12-24(13-11-23)35-4-2/h3,14-17,19,21-24H,1,4-13,18,20H2,2H3. The van der Waals surface area contributed by atoms with Crippen LogP contribution in [0.2, 0.25) is 0 Å². The van der Waals surface area contributed by atoms with Crippen LogP contribution in [0.5, 0.6) is 11.5 Å². The quantitative estimate of drug-likeness (QED) is 0.221. The highest BCUT2D eigenvalue weighted by Crippen LogP contribution is 2.41. The van der Waals surface area contributed by atoms with Crippen LogP contribution in [-0.2, 0) is 4.74 Å². The summed E-state index contributed by atoms with van der Waals surface area (Å²) in [4.78, 5) is 0. The van der Waals surface area contributed by atoms with Crippen molar-refractivity contribution in [1.29, 1.82) is 0 Å². The Bertz CT molecular complexity index is 1020. The summed E-state index contributed by atoms with van der Waals surface area (Å²) in [6.07, 6.45) is 9.33. The molecule has 37 heavy (non-hydrogen) atoms. The summed E-state index contributed by atoms with van der Waals surface area (Å²) in [5, 5.41) is 0. The van der Waals surface area contributed by atoms with Crippen LogP contribution >= 0.6 is 0 Å². The molecule has 0 atom stereocenters. The van der Waals surface area contributed by atoms with Crippen molar-refractivity contribution in [2.75, 3.05) is 19.8 Å². The first-order valence-electron chi connectivity index (χ1n) is 13.8. The van der Waals surface area contributed by atoms with Gasteiger partial charge in [-0.3, -0.25) is 0 Å². The monoisotopic (exact) mass is 516 g/mol. The number of benzene rings is 2. The van der Waals surface area contributed by atoms with E-state index in [0.717, 1.165) is 51.4 Å². The SMILES string of the molecule is C=CCCOc1ccc(OCC2CCC(c3ccc(C4CCC(OCC)CC4)c(F)c3F)CC2)c(F)c1. The van der Waals surface area contributed by atoms with Crippen molar-refractivity contribution in [3.63, 3.8) is 0 Å². The van der Waals surface area contributed by atoms with E-state index in [0.29, 0.717) is 43.1 Å². The van der Waals surface area contributed by atoms with Gasteiger partial charge in [0.15, 0.2) is 23.2 Å². The average molecular weight is 517 g/mol. The summed E-state index contributed by atoms with van der Waals surface area (Å²) in [5.74, 6) is -0.820. The van der Waals surface area contributed by atoms with Crippen molar-refractivity contribution in [3.8, 4) is 11.5 Å². The number of ether oxygens (including phenoxy) is 3. The maximum atomic E-state index is 15.2. The predicted octanol–water partition coefficient (Wildman–Crippen LogP) is 8.47. The maximum absolute atomic E-state index is 15.2. The molecule has 0 spiro atoms. The van der Waals surface area contributed by atoms with E-state index in [2.05, 4.69) is 6.58 Å². The molecular weight excluding hydrogens is 477 g/mol. The van der Waals surface area contributed by atoms with Crippen LogP contribution < -0.4 is 9.47 Å². The molecule has 3 nitrogen and oxygen atoms in total. The van der Waals surface area contributed by atoms with E-state index in [1.165, 1.54) is 6.07 Å². The molecule has 0 aromatic heterocycles. The third-order valence-corrected chi connectivity index (χ3v) is 7.91. The van der Waals surface area contributed by atoms with Crippen LogP contribution in [0.25, 0.3) is 0 Å². The Kier molecular flexibility index (Phi) is 9.95. The molecule has 2 fully saturated rings. The average Bonchev–Trinajstić information content (AvgIpc) is 2.91. The molecule has 6 heteroatoms. The van der Waals surface area contributed by atoms with Gasteiger partial charge in [0, 0.05) is 12.7 Å². The molecule has 2 aromatic carbocycles.